The number of nitrogens with two attached hydrogens (primary N) is 1. The van der Waals surface area contributed by atoms with Crippen molar-refractivity contribution in [2.45, 2.75) is 51.7 Å². The zero-order valence-electron chi connectivity index (χ0n) is 12.4. The molecule has 0 bridgehead atoms. The maximum atomic E-state index is 10.2. The molecule has 2 rings (SSSR count). The summed E-state index contributed by atoms with van der Waals surface area (Å²) in [5.41, 5.74) is 8.67. The van der Waals surface area contributed by atoms with Crippen molar-refractivity contribution in [3.05, 3.63) is 22.9 Å². The van der Waals surface area contributed by atoms with Crippen molar-refractivity contribution in [1.29, 1.82) is 0 Å². The molecule has 1 fully saturated rings. The summed E-state index contributed by atoms with van der Waals surface area (Å²) in [5.74, 6) is 0.793. The molecule has 3 N–H and O–H groups in total. The van der Waals surface area contributed by atoms with Gasteiger partial charge in [0.05, 0.1) is 17.7 Å². The average molecular weight is 293 g/mol. The number of aryl methyl sites for hydroxylation is 2. The van der Waals surface area contributed by atoms with E-state index in [-0.39, 0.29) is 12.1 Å². The van der Waals surface area contributed by atoms with Gasteiger partial charge in [-0.15, -0.1) is 0 Å². The van der Waals surface area contributed by atoms with Crippen LogP contribution in [0.15, 0.2) is 6.07 Å². The van der Waals surface area contributed by atoms with Crippen LogP contribution in [-0.4, -0.2) is 34.3 Å². The Morgan fingerprint density at radius 3 is 2.65 bits per heavy atom. The van der Waals surface area contributed by atoms with Crippen LogP contribution in [0.2, 0.25) is 0 Å². The van der Waals surface area contributed by atoms with Gasteiger partial charge in [0.1, 0.15) is 10.8 Å². The van der Waals surface area contributed by atoms with Gasteiger partial charge in [-0.05, 0) is 38.3 Å². The quantitative estimate of drug-likeness (QED) is 0.835. The minimum absolute atomic E-state index is 0.0885. The first-order chi connectivity index (χ1) is 9.41. The highest BCUT2D eigenvalue weighted by molar-refractivity contribution is 7.80. The van der Waals surface area contributed by atoms with Crippen LogP contribution in [0.3, 0.4) is 0 Å². The van der Waals surface area contributed by atoms with E-state index in [1.54, 1.807) is 0 Å². The third-order valence-corrected chi connectivity index (χ3v) is 4.30. The van der Waals surface area contributed by atoms with Crippen molar-refractivity contribution in [2.24, 2.45) is 5.73 Å². The maximum absolute atomic E-state index is 10.2. The molecule has 5 heteroatoms. The molecule has 0 saturated heterocycles. The molecule has 2 atom stereocenters. The standard InChI is InChI=1S/C15H23N3OS/c1-9-8-10(2)17-15(13(9)14(16)20)18(3)11-6-4-5-7-12(11)19/h8,11-12,19H,4-7H2,1-3H3,(H2,16,20). The van der Waals surface area contributed by atoms with Gasteiger partial charge in [0.25, 0.3) is 0 Å². The van der Waals surface area contributed by atoms with Crippen LogP contribution in [-0.2, 0) is 0 Å². The molecule has 20 heavy (non-hydrogen) atoms. The zero-order valence-corrected chi connectivity index (χ0v) is 13.2. The van der Waals surface area contributed by atoms with Gasteiger partial charge < -0.3 is 15.7 Å². The van der Waals surface area contributed by atoms with Crippen LogP contribution < -0.4 is 10.6 Å². The van der Waals surface area contributed by atoms with Gasteiger partial charge in [-0.1, -0.05) is 25.1 Å². The second-order valence-corrected chi connectivity index (χ2v) is 6.11. The fourth-order valence-corrected chi connectivity index (χ4v) is 3.33. The number of aliphatic hydroxyl groups is 1. The Hall–Kier alpha value is -1.20. The first-order valence-corrected chi connectivity index (χ1v) is 7.51. The van der Waals surface area contributed by atoms with Crippen LogP contribution in [0.4, 0.5) is 5.82 Å². The van der Waals surface area contributed by atoms with Crippen molar-refractivity contribution in [1.82, 2.24) is 4.98 Å². The molecule has 1 aliphatic carbocycles. The molecule has 110 valence electrons. The highest BCUT2D eigenvalue weighted by atomic mass is 32.1. The van der Waals surface area contributed by atoms with Gasteiger partial charge >= 0.3 is 0 Å². The van der Waals surface area contributed by atoms with Gasteiger partial charge in [0.2, 0.25) is 0 Å². The van der Waals surface area contributed by atoms with Gasteiger partial charge in [-0.2, -0.15) is 0 Å². The molecule has 1 saturated carbocycles. The molecule has 1 aromatic heterocycles. The minimum Gasteiger partial charge on any atom is -0.391 e. The van der Waals surface area contributed by atoms with E-state index in [1.807, 2.05) is 27.0 Å². The fourth-order valence-electron chi connectivity index (χ4n) is 3.08. The highest BCUT2D eigenvalue weighted by Crippen LogP contribution is 2.29. The first kappa shape index (κ1) is 15.2. The maximum Gasteiger partial charge on any atom is 0.139 e. The Bertz CT molecular complexity index is 518. The molecular formula is C15H23N3OS. The van der Waals surface area contributed by atoms with Crippen LogP contribution in [0.1, 0.15) is 42.5 Å². The Morgan fingerprint density at radius 2 is 2.05 bits per heavy atom. The number of aliphatic hydroxyl groups excluding tert-OH is 1. The second-order valence-electron chi connectivity index (χ2n) is 5.67. The third kappa shape index (κ3) is 2.94. The first-order valence-electron chi connectivity index (χ1n) is 7.10. The van der Waals surface area contributed by atoms with Gasteiger partial charge in [0.15, 0.2) is 0 Å². The smallest absolute Gasteiger partial charge is 0.139 e. The predicted octanol–water partition coefficient (Wildman–Crippen LogP) is 2.07. The molecule has 1 aliphatic rings. The lowest BCUT2D eigenvalue weighted by Gasteiger charge is -2.37. The molecule has 0 radical (unpaired) electrons. The number of likely N-dealkylation sites (N-methyl/N-ethyl adjacent to an activating group) is 1. The van der Waals surface area contributed by atoms with Crippen molar-refractivity contribution < 1.29 is 5.11 Å². The topological polar surface area (TPSA) is 62.4 Å². The highest BCUT2D eigenvalue weighted by Gasteiger charge is 2.29. The van der Waals surface area contributed by atoms with E-state index < -0.39 is 0 Å². The van der Waals surface area contributed by atoms with E-state index in [9.17, 15) is 5.11 Å². The summed E-state index contributed by atoms with van der Waals surface area (Å²) in [4.78, 5) is 7.03. The van der Waals surface area contributed by atoms with E-state index in [4.69, 9.17) is 18.0 Å². The summed E-state index contributed by atoms with van der Waals surface area (Å²) in [6.07, 6.45) is 3.74. The Balaban J connectivity index is 2.42. The van der Waals surface area contributed by atoms with Crippen LogP contribution in [0.5, 0.6) is 0 Å². The van der Waals surface area contributed by atoms with E-state index in [0.29, 0.717) is 4.99 Å². The van der Waals surface area contributed by atoms with Crippen molar-refractivity contribution in [3.63, 3.8) is 0 Å². The Morgan fingerprint density at radius 1 is 1.40 bits per heavy atom. The molecule has 0 spiro atoms. The van der Waals surface area contributed by atoms with Crippen molar-refractivity contribution >= 4 is 23.0 Å². The van der Waals surface area contributed by atoms with Gasteiger partial charge in [-0.25, -0.2) is 4.98 Å². The summed E-state index contributed by atoms with van der Waals surface area (Å²) < 4.78 is 0. The normalized spacial score (nSPS) is 22.6. The number of nitrogens with zero attached hydrogens (tertiary/aromatic N) is 2. The summed E-state index contributed by atoms with van der Waals surface area (Å²) in [6.45, 7) is 3.96. The molecule has 2 unspecified atom stereocenters. The fraction of sp³-hybridized carbons (Fsp3) is 0.600. The second kappa shape index (κ2) is 6.06. The predicted molar refractivity (Wildman–Crippen MR) is 86.3 cm³/mol. The lowest BCUT2D eigenvalue weighted by Crippen LogP contribution is -2.44. The molecule has 4 nitrogen and oxygen atoms in total. The molecule has 1 aromatic rings. The number of hydrogen-bond acceptors (Lipinski definition) is 4. The summed E-state index contributed by atoms with van der Waals surface area (Å²) in [6, 6.07) is 2.08. The largest absolute Gasteiger partial charge is 0.391 e. The summed E-state index contributed by atoms with van der Waals surface area (Å²) in [5, 5.41) is 10.2. The molecule has 1 heterocycles. The van der Waals surface area contributed by atoms with Crippen molar-refractivity contribution in [2.75, 3.05) is 11.9 Å². The lowest BCUT2D eigenvalue weighted by molar-refractivity contribution is 0.106. The van der Waals surface area contributed by atoms with Crippen LogP contribution in [0.25, 0.3) is 0 Å². The number of thiocarbonyl (C=S) groups is 1. The van der Waals surface area contributed by atoms with E-state index in [0.717, 1.165) is 48.3 Å². The van der Waals surface area contributed by atoms with Gasteiger partial charge in [-0.3, -0.25) is 0 Å². The van der Waals surface area contributed by atoms with Crippen molar-refractivity contribution in [3.8, 4) is 0 Å². The lowest BCUT2D eigenvalue weighted by atomic mass is 9.91. The number of pyridine rings is 1. The van der Waals surface area contributed by atoms with E-state index >= 15 is 0 Å². The summed E-state index contributed by atoms with van der Waals surface area (Å²) in [7, 11) is 1.97. The monoisotopic (exact) mass is 293 g/mol. The number of hydrogen-bond donors (Lipinski definition) is 2. The number of rotatable bonds is 3. The van der Waals surface area contributed by atoms with Gasteiger partial charge in [0, 0.05) is 12.7 Å². The third-order valence-electron chi connectivity index (χ3n) is 4.10. The van der Waals surface area contributed by atoms with Crippen LogP contribution in [0, 0.1) is 13.8 Å². The SMILES string of the molecule is Cc1cc(C)c(C(N)=S)c(N(C)C2CCCCC2O)n1. The van der Waals surface area contributed by atoms with E-state index in [1.165, 1.54) is 0 Å². The summed E-state index contributed by atoms with van der Waals surface area (Å²) >= 11 is 5.18. The average Bonchev–Trinajstić information content (AvgIpc) is 2.37. The molecule has 0 aliphatic heterocycles. The van der Waals surface area contributed by atoms with E-state index in [2.05, 4.69) is 9.88 Å². The zero-order chi connectivity index (χ0) is 14.9. The molecule has 0 aromatic carbocycles. The number of aromatic nitrogens is 1. The molecule has 0 amide bonds. The Kier molecular flexibility index (Phi) is 4.60. The van der Waals surface area contributed by atoms with Crippen LogP contribution >= 0.6 is 12.2 Å². The number of anilines is 1. The Labute approximate surface area is 126 Å². The minimum atomic E-state index is -0.310. The molecular weight excluding hydrogens is 270 g/mol.